The number of unbranched alkanes of at least 4 members (excludes halogenated alkanes) is 4. The van der Waals surface area contributed by atoms with Crippen LogP contribution in [0.25, 0.3) is 0 Å². The van der Waals surface area contributed by atoms with Crippen LogP contribution in [0.4, 0.5) is 11.4 Å². The van der Waals surface area contributed by atoms with E-state index in [9.17, 15) is 9.59 Å². The average Bonchev–Trinajstić information content (AvgIpc) is 2.75. The molecule has 0 aliphatic heterocycles. The summed E-state index contributed by atoms with van der Waals surface area (Å²) in [5.41, 5.74) is 2.09. The fourth-order valence-electron chi connectivity index (χ4n) is 2.94. The molecule has 6 nitrogen and oxygen atoms in total. The van der Waals surface area contributed by atoms with Crippen molar-refractivity contribution in [2.24, 2.45) is 0 Å². The van der Waals surface area contributed by atoms with Gasteiger partial charge in [-0.3, -0.25) is 9.59 Å². The molecule has 0 bridgehead atoms. The van der Waals surface area contributed by atoms with Crippen LogP contribution < -0.4 is 15.4 Å². The lowest BCUT2D eigenvalue weighted by molar-refractivity contribution is -0.114. The van der Waals surface area contributed by atoms with E-state index in [0.717, 1.165) is 17.9 Å². The zero-order valence-electron chi connectivity index (χ0n) is 18.2. The first-order valence-corrected chi connectivity index (χ1v) is 10.6. The molecule has 0 saturated heterocycles. The summed E-state index contributed by atoms with van der Waals surface area (Å²) in [5, 5.41) is 5.94. The van der Waals surface area contributed by atoms with E-state index in [4.69, 9.17) is 4.74 Å². The minimum absolute atomic E-state index is 0.0534. The molecule has 0 aromatic heterocycles. The molecular formula is C24H33N3O3. The normalized spacial score (nSPS) is 10.4. The maximum absolute atomic E-state index is 12.2. The molecule has 0 heterocycles. The number of ether oxygens (including phenoxy) is 1. The number of hydrogen-bond acceptors (Lipinski definition) is 4. The summed E-state index contributed by atoms with van der Waals surface area (Å²) in [4.78, 5) is 25.7. The van der Waals surface area contributed by atoms with Crippen LogP contribution in [0.15, 0.2) is 48.5 Å². The van der Waals surface area contributed by atoms with Crippen LogP contribution in [0.3, 0.4) is 0 Å². The van der Waals surface area contributed by atoms with Gasteiger partial charge >= 0.3 is 0 Å². The second-order valence-corrected chi connectivity index (χ2v) is 7.47. The summed E-state index contributed by atoms with van der Waals surface area (Å²) in [5.74, 6) is 0.555. The number of rotatable bonds is 12. The summed E-state index contributed by atoms with van der Waals surface area (Å²) in [6.45, 7) is 3.02. The Bertz CT molecular complexity index is 804. The number of anilines is 2. The molecule has 30 heavy (non-hydrogen) atoms. The number of carbonyl (C=O) groups excluding carboxylic acids is 2. The van der Waals surface area contributed by atoms with E-state index in [1.807, 2.05) is 24.3 Å². The fraction of sp³-hybridized carbons (Fsp3) is 0.417. The summed E-state index contributed by atoms with van der Waals surface area (Å²) in [7, 11) is 3.43. The molecule has 0 saturated carbocycles. The zero-order valence-corrected chi connectivity index (χ0v) is 18.2. The van der Waals surface area contributed by atoms with E-state index < -0.39 is 0 Å². The van der Waals surface area contributed by atoms with Gasteiger partial charge in [0.2, 0.25) is 5.91 Å². The fourth-order valence-corrected chi connectivity index (χ4v) is 2.94. The Labute approximate surface area is 179 Å². The first kappa shape index (κ1) is 23.3. The number of nitrogens with one attached hydrogen (secondary N) is 2. The van der Waals surface area contributed by atoms with Crippen LogP contribution in [-0.2, 0) is 4.79 Å². The van der Waals surface area contributed by atoms with Gasteiger partial charge < -0.3 is 20.3 Å². The first-order valence-electron chi connectivity index (χ1n) is 10.6. The van der Waals surface area contributed by atoms with E-state index in [2.05, 4.69) is 17.6 Å². The molecule has 2 aromatic rings. The predicted molar refractivity (Wildman–Crippen MR) is 122 cm³/mol. The van der Waals surface area contributed by atoms with Gasteiger partial charge in [-0.1, -0.05) is 38.7 Å². The third-order valence-corrected chi connectivity index (χ3v) is 4.63. The van der Waals surface area contributed by atoms with Crippen molar-refractivity contribution >= 4 is 23.2 Å². The predicted octanol–water partition coefficient (Wildman–Crippen LogP) is 4.79. The average molecular weight is 412 g/mol. The summed E-state index contributed by atoms with van der Waals surface area (Å²) >= 11 is 0. The van der Waals surface area contributed by atoms with Crippen molar-refractivity contribution in [2.75, 3.05) is 37.9 Å². The summed E-state index contributed by atoms with van der Waals surface area (Å²) in [6, 6.07) is 14.5. The lowest BCUT2D eigenvalue weighted by atomic mass is 10.2. The number of nitrogens with zero attached hydrogens (tertiary/aromatic N) is 1. The Morgan fingerprint density at radius 3 is 2.37 bits per heavy atom. The molecule has 0 aliphatic rings. The van der Waals surface area contributed by atoms with Gasteiger partial charge in [-0.2, -0.15) is 0 Å². The highest BCUT2D eigenvalue weighted by Gasteiger charge is 2.08. The summed E-state index contributed by atoms with van der Waals surface area (Å²) < 4.78 is 5.79. The number of amides is 2. The smallest absolute Gasteiger partial charge is 0.253 e. The Balaban J connectivity index is 1.76. The molecule has 2 aromatic carbocycles. The Morgan fingerprint density at radius 2 is 1.67 bits per heavy atom. The summed E-state index contributed by atoms with van der Waals surface area (Å²) in [6.07, 6.45) is 5.98. The quantitative estimate of drug-likeness (QED) is 0.493. The largest absolute Gasteiger partial charge is 0.494 e. The van der Waals surface area contributed by atoms with Crippen molar-refractivity contribution in [1.82, 2.24) is 4.90 Å². The minimum atomic E-state index is -0.153. The second-order valence-electron chi connectivity index (χ2n) is 7.47. The minimum Gasteiger partial charge on any atom is -0.494 e. The van der Waals surface area contributed by atoms with Crippen molar-refractivity contribution in [2.45, 2.75) is 39.0 Å². The number of carbonyl (C=O) groups is 2. The van der Waals surface area contributed by atoms with E-state index >= 15 is 0 Å². The lowest BCUT2D eigenvalue weighted by Gasteiger charge is -2.12. The van der Waals surface area contributed by atoms with Crippen LogP contribution in [0.5, 0.6) is 5.75 Å². The van der Waals surface area contributed by atoms with E-state index in [1.54, 1.807) is 38.4 Å². The van der Waals surface area contributed by atoms with Crippen LogP contribution in [0, 0.1) is 0 Å². The molecular weight excluding hydrogens is 378 g/mol. The molecule has 0 fully saturated rings. The van der Waals surface area contributed by atoms with Gasteiger partial charge in [0, 0.05) is 37.1 Å². The van der Waals surface area contributed by atoms with Crippen LogP contribution in [-0.4, -0.2) is 44.0 Å². The molecule has 0 radical (unpaired) electrons. The van der Waals surface area contributed by atoms with Gasteiger partial charge in [0.25, 0.3) is 5.91 Å². The van der Waals surface area contributed by atoms with Crippen LogP contribution in [0.1, 0.15) is 49.4 Å². The Hall–Kier alpha value is -3.02. The van der Waals surface area contributed by atoms with Crippen molar-refractivity contribution in [3.8, 4) is 5.75 Å². The SMILES string of the molecule is CCCCCCCOc1cccc(NC(=O)CNc2ccc(C(=O)N(C)C)cc2)c1. The van der Waals surface area contributed by atoms with Gasteiger partial charge in [-0.05, 0) is 42.8 Å². The van der Waals surface area contributed by atoms with E-state index in [1.165, 1.54) is 30.6 Å². The zero-order chi connectivity index (χ0) is 21.8. The molecule has 0 aliphatic carbocycles. The van der Waals surface area contributed by atoms with Gasteiger partial charge in [-0.15, -0.1) is 0 Å². The maximum Gasteiger partial charge on any atom is 0.253 e. The third-order valence-electron chi connectivity index (χ3n) is 4.63. The maximum atomic E-state index is 12.2. The Kier molecular flexibility index (Phi) is 9.71. The van der Waals surface area contributed by atoms with Gasteiger partial charge in [0.05, 0.1) is 13.2 Å². The van der Waals surface area contributed by atoms with Crippen molar-refractivity contribution in [1.29, 1.82) is 0 Å². The van der Waals surface area contributed by atoms with Gasteiger partial charge in [-0.25, -0.2) is 0 Å². The number of benzene rings is 2. The monoisotopic (exact) mass is 411 g/mol. The van der Waals surface area contributed by atoms with Crippen molar-refractivity contribution < 1.29 is 14.3 Å². The molecule has 0 spiro atoms. The van der Waals surface area contributed by atoms with Crippen molar-refractivity contribution in [3.05, 3.63) is 54.1 Å². The molecule has 2 amide bonds. The highest BCUT2D eigenvalue weighted by Crippen LogP contribution is 2.18. The Morgan fingerprint density at radius 1 is 0.933 bits per heavy atom. The van der Waals surface area contributed by atoms with Crippen LogP contribution in [0.2, 0.25) is 0 Å². The molecule has 0 unspecified atom stereocenters. The standard InChI is InChI=1S/C24H33N3O3/c1-4-5-6-7-8-16-30-22-11-9-10-21(17-22)26-23(28)18-25-20-14-12-19(13-15-20)24(29)27(2)3/h9-15,17,25H,4-8,16,18H2,1-3H3,(H,26,28). The molecule has 162 valence electrons. The molecule has 6 heteroatoms. The molecule has 2 N–H and O–H groups in total. The molecule has 2 rings (SSSR count). The highest BCUT2D eigenvalue weighted by atomic mass is 16.5. The second kappa shape index (κ2) is 12.5. The van der Waals surface area contributed by atoms with E-state index in [0.29, 0.717) is 17.9 Å². The van der Waals surface area contributed by atoms with Gasteiger partial charge in [0.15, 0.2) is 0 Å². The third kappa shape index (κ3) is 8.15. The number of hydrogen-bond donors (Lipinski definition) is 2. The topological polar surface area (TPSA) is 70.7 Å². The van der Waals surface area contributed by atoms with E-state index in [-0.39, 0.29) is 18.4 Å². The lowest BCUT2D eigenvalue weighted by Crippen LogP contribution is -2.22. The highest BCUT2D eigenvalue weighted by molar-refractivity contribution is 5.95. The van der Waals surface area contributed by atoms with Crippen molar-refractivity contribution in [3.63, 3.8) is 0 Å². The molecule has 0 atom stereocenters. The van der Waals surface area contributed by atoms with Gasteiger partial charge in [0.1, 0.15) is 5.75 Å². The first-order chi connectivity index (χ1) is 14.5. The van der Waals surface area contributed by atoms with Crippen LogP contribution >= 0.6 is 0 Å².